The van der Waals surface area contributed by atoms with Crippen LogP contribution < -0.4 is 0 Å². The highest BCUT2D eigenvalue weighted by molar-refractivity contribution is 7.89. The van der Waals surface area contributed by atoms with E-state index >= 15 is 0 Å². The molecule has 1 aliphatic heterocycles. The molecule has 3 rings (SSSR count). The molecule has 1 saturated heterocycles. The number of benzene rings is 1. The van der Waals surface area contributed by atoms with Crippen LogP contribution in [-0.2, 0) is 14.8 Å². The van der Waals surface area contributed by atoms with E-state index in [2.05, 4.69) is 0 Å². The summed E-state index contributed by atoms with van der Waals surface area (Å²) in [5.41, 5.74) is -1.60. The third-order valence-corrected chi connectivity index (χ3v) is 6.82. The zero-order chi connectivity index (χ0) is 18.4. The van der Waals surface area contributed by atoms with Gasteiger partial charge in [-0.3, -0.25) is 4.79 Å². The van der Waals surface area contributed by atoms with E-state index in [1.54, 1.807) is 0 Å². The maximum absolute atomic E-state index is 13.4. The maximum atomic E-state index is 13.4. The lowest BCUT2D eigenvalue weighted by Crippen LogP contribution is -2.57. The van der Waals surface area contributed by atoms with Gasteiger partial charge in [0.15, 0.2) is 0 Å². The first-order valence-electron chi connectivity index (χ1n) is 8.03. The molecule has 2 fully saturated rings. The fraction of sp³-hybridized carbons (Fsp3) is 0.562. The summed E-state index contributed by atoms with van der Waals surface area (Å²) >= 11 is 0. The predicted molar refractivity (Wildman–Crippen MR) is 83.2 cm³/mol. The van der Waals surface area contributed by atoms with Gasteiger partial charge in [-0.2, -0.15) is 4.31 Å². The Morgan fingerprint density at radius 1 is 1.20 bits per heavy atom. The van der Waals surface area contributed by atoms with Gasteiger partial charge >= 0.3 is 5.97 Å². The van der Waals surface area contributed by atoms with Gasteiger partial charge in [0, 0.05) is 19.2 Å². The largest absolute Gasteiger partial charge is 0.481 e. The van der Waals surface area contributed by atoms with Crippen LogP contribution in [0.4, 0.5) is 8.78 Å². The minimum Gasteiger partial charge on any atom is -0.481 e. The molecule has 0 spiro atoms. The Morgan fingerprint density at radius 3 is 2.32 bits per heavy atom. The predicted octanol–water partition coefficient (Wildman–Crippen LogP) is 1.59. The van der Waals surface area contributed by atoms with Crippen LogP contribution in [0.2, 0.25) is 0 Å². The molecule has 1 aromatic carbocycles. The summed E-state index contributed by atoms with van der Waals surface area (Å²) in [7, 11) is -4.27. The van der Waals surface area contributed by atoms with E-state index < -0.39 is 50.6 Å². The fourth-order valence-electron chi connectivity index (χ4n) is 3.41. The zero-order valence-electron chi connectivity index (χ0n) is 13.4. The van der Waals surface area contributed by atoms with E-state index in [0.717, 1.165) is 17.1 Å². The number of halogens is 2. The summed E-state index contributed by atoms with van der Waals surface area (Å²) in [6.45, 7) is -0.526. The summed E-state index contributed by atoms with van der Waals surface area (Å²) in [5.74, 6) is -3.16. The molecule has 1 heterocycles. The van der Waals surface area contributed by atoms with Crippen molar-refractivity contribution in [3.05, 3.63) is 29.8 Å². The van der Waals surface area contributed by atoms with Gasteiger partial charge in [0.2, 0.25) is 10.0 Å². The minimum atomic E-state index is -4.27. The van der Waals surface area contributed by atoms with E-state index in [1.165, 1.54) is 0 Å². The Kier molecular flexibility index (Phi) is 4.59. The third-order valence-electron chi connectivity index (χ3n) is 5.00. The van der Waals surface area contributed by atoms with E-state index in [-0.39, 0.29) is 25.3 Å². The Balaban J connectivity index is 1.95. The number of carbonyl (C=O) groups is 1. The molecular formula is C16H19F2NO5S. The molecule has 138 valence electrons. The van der Waals surface area contributed by atoms with Crippen LogP contribution in [-0.4, -0.2) is 48.1 Å². The van der Waals surface area contributed by atoms with Gasteiger partial charge in [-0.05, 0) is 30.9 Å². The van der Waals surface area contributed by atoms with Crippen molar-refractivity contribution in [3.63, 3.8) is 0 Å². The van der Waals surface area contributed by atoms with E-state index in [1.807, 2.05) is 0 Å². The Morgan fingerprint density at radius 2 is 1.80 bits per heavy atom. The summed E-state index contributed by atoms with van der Waals surface area (Å²) in [6.07, 6.45) is 0.678. The Bertz CT molecular complexity index is 775. The van der Waals surface area contributed by atoms with Gasteiger partial charge in [-0.1, -0.05) is 12.8 Å². The Labute approximate surface area is 144 Å². The molecule has 1 aliphatic carbocycles. The van der Waals surface area contributed by atoms with Gasteiger partial charge in [-0.15, -0.1) is 0 Å². The SMILES string of the molecule is O=C(O)[C@@]1(CC2CC2)CN(S(=O)(=O)c2cc(F)cc(F)c2)CC[C@@H]1O. The molecule has 9 heteroatoms. The van der Waals surface area contributed by atoms with Crippen molar-refractivity contribution in [2.24, 2.45) is 11.3 Å². The Hall–Kier alpha value is -1.58. The average Bonchev–Trinajstić information content (AvgIpc) is 3.32. The lowest BCUT2D eigenvalue weighted by molar-refractivity contribution is -0.162. The van der Waals surface area contributed by atoms with Crippen molar-refractivity contribution >= 4 is 16.0 Å². The lowest BCUT2D eigenvalue weighted by atomic mass is 9.74. The number of hydrogen-bond donors (Lipinski definition) is 2. The molecule has 2 aliphatic rings. The zero-order valence-corrected chi connectivity index (χ0v) is 14.2. The first kappa shape index (κ1) is 18.2. The molecule has 0 aromatic heterocycles. The number of piperidine rings is 1. The first-order valence-corrected chi connectivity index (χ1v) is 9.47. The molecule has 0 amide bonds. The van der Waals surface area contributed by atoms with Crippen LogP contribution in [0, 0.1) is 23.0 Å². The number of hydrogen-bond acceptors (Lipinski definition) is 4. The van der Waals surface area contributed by atoms with E-state index in [0.29, 0.717) is 18.2 Å². The molecule has 0 unspecified atom stereocenters. The van der Waals surface area contributed by atoms with Crippen LogP contribution in [0.3, 0.4) is 0 Å². The molecule has 1 saturated carbocycles. The van der Waals surface area contributed by atoms with Crippen molar-refractivity contribution in [1.29, 1.82) is 0 Å². The standard InChI is InChI=1S/C16H19F2NO5S/c17-11-5-12(18)7-13(6-11)25(23,24)19-4-3-14(20)16(9-19,15(21)22)8-10-1-2-10/h5-7,10,14,20H,1-4,8-9H2,(H,21,22)/t14-,16-/m0/s1. The van der Waals surface area contributed by atoms with Gasteiger partial charge in [0.1, 0.15) is 17.0 Å². The second-order valence-corrected chi connectivity index (χ2v) is 8.79. The maximum Gasteiger partial charge on any atom is 0.313 e. The molecular weight excluding hydrogens is 356 g/mol. The molecule has 0 bridgehead atoms. The normalized spacial score (nSPS) is 28.0. The number of sulfonamides is 1. The van der Waals surface area contributed by atoms with E-state index in [9.17, 15) is 32.2 Å². The molecule has 1 aromatic rings. The summed E-state index contributed by atoms with van der Waals surface area (Å²) in [6, 6.07) is 1.97. The second kappa shape index (κ2) is 6.30. The van der Waals surface area contributed by atoms with Crippen LogP contribution >= 0.6 is 0 Å². The highest BCUT2D eigenvalue weighted by atomic mass is 32.2. The van der Waals surface area contributed by atoms with Crippen molar-refractivity contribution < 1.29 is 32.2 Å². The smallest absolute Gasteiger partial charge is 0.313 e. The number of aliphatic carboxylic acids is 1. The number of carboxylic acids is 1. The quantitative estimate of drug-likeness (QED) is 0.815. The first-order chi connectivity index (χ1) is 11.6. The second-order valence-electron chi connectivity index (χ2n) is 6.86. The van der Waals surface area contributed by atoms with Gasteiger partial charge in [0.05, 0.1) is 11.0 Å². The number of carboxylic acid groups (broad SMARTS) is 1. The van der Waals surface area contributed by atoms with Crippen LogP contribution in [0.5, 0.6) is 0 Å². The summed E-state index contributed by atoms with van der Waals surface area (Å²) in [4.78, 5) is 11.3. The van der Waals surface area contributed by atoms with E-state index in [4.69, 9.17) is 0 Å². The molecule has 2 atom stereocenters. The van der Waals surface area contributed by atoms with Crippen molar-refractivity contribution in [2.75, 3.05) is 13.1 Å². The van der Waals surface area contributed by atoms with Gasteiger partial charge in [0.25, 0.3) is 0 Å². The topological polar surface area (TPSA) is 94.9 Å². The highest BCUT2D eigenvalue weighted by Crippen LogP contribution is 2.45. The monoisotopic (exact) mass is 375 g/mol. The highest BCUT2D eigenvalue weighted by Gasteiger charge is 2.53. The van der Waals surface area contributed by atoms with Crippen molar-refractivity contribution in [3.8, 4) is 0 Å². The lowest BCUT2D eigenvalue weighted by Gasteiger charge is -2.42. The minimum absolute atomic E-state index is 0.0456. The van der Waals surface area contributed by atoms with Gasteiger partial charge < -0.3 is 10.2 Å². The van der Waals surface area contributed by atoms with Crippen molar-refractivity contribution in [2.45, 2.75) is 36.7 Å². The van der Waals surface area contributed by atoms with Crippen LogP contribution in [0.15, 0.2) is 23.1 Å². The fourth-order valence-corrected chi connectivity index (χ4v) is 4.98. The van der Waals surface area contributed by atoms with Gasteiger partial charge in [-0.25, -0.2) is 17.2 Å². The third kappa shape index (κ3) is 3.40. The average molecular weight is 375 g/mol. The molecule has 25 heavy (non-hydrogen) atoms. The molecule has 0 radical (unpaired) electrons. The van der Waals surface area contributed by atoms with Crippen molar-refractivity contribution in [1.82, 2.24) is 4.31 Å². The number of aliphatic hydroxyl groups excluding tert-OH is 1. The summed E-state index contributed by atoms with van der Waals surface area (Å²) < 4.78 is 53.1. The molecule has 6 nitrogen and oxygen atoms in total. The molecule has 2 N–H and O–H groups in total. The number of nitrogens with zero attached hydrogens (tertiary/aromatic N) is 1. The van der Waals surface area contributed by atoms with Crippen LogP contribution in [0.1, 0.15) is 25.7 Å². The summed E-state index contributed by atoms with van der Waals surface area (Å²) in [5, 5.41) is 20.0. The number of aliphatic hydroxyl groups is 1. The van der Waals surface area contributed by atoms with Crippen LogP contribution in [0.25, 0.3) is 0 Å². The number of rotatable bonds is 5.